The number of nitrogens with zero attached hydrogens (tertiary/aromatic N) is 1. The molecule has 0 aromatic carbocycles. The van der Waals surface area contributed by atoms with Crippen LogP contribution in [0.3, 0.4) is 0 Å². The summed E-state index contributed by atoms with van der Waals surface area (Å²) in [6.45, 7) is 2.34. The van der Waals surface area contributed by atoms with Crippen molar-refractivity contribution in [2.45, 2.75) is 45.4 Å². The maximum Gasteiger partial charge on any atom is 0.204 e. The molecule has 0 amide bonds. The van der Waals surface area contributed by atoms with E-state index in [2.05, 4.69) is 6.92 Å². The Labute approximate surface area is 73.3 Å². The fraction of sp³-hybridized carbons (Fsp3) is 1.00. The van der Waals surface area contributed by atoms with Gasteiger partial charge < -0.3 is 0 Å². The Bertz CT molecular complexity index is 162. The monoisotopic (exact) mass is 171 g/mol. The zero-order valence-corrected chi connectivity index (χ0v) is 7.71. The van der Waals surface area contributed by atoms with E-state index >= 15 is 0 Å². The number of nitro groups is 1. The molecule has 0 unspecified atom stereocenters. The predicted octanol–water partition coefficient (Wildman–Crippen LogP) is 2.62. The van der Waals surface area contributed by atoms with Crippen LogP contribution in [0.25, 0.3) is 0 Å². The highest BCUT2D eigenvalue weighted by atomic mass is 16.6. The molecule has 0 heterocycles. The van der Waals surface area contributed by atoms with Gasteiger partial charge in [-0.25, -0.2) is 0 Å². The van der Waals surface area contributed by atoms with E-state index in [0.717, 1.165) is 6.42 Å². The molecule has 1 aliphatic carbocycles. The quantitative estimate of drug-likeness (QED) is 0.484. The van der Waals surface area contributed by atoms with Gasteiger partial charge in [0.25, 0.3) is 0 Å². The molecular formula is C9H17NO2. The first kappa shape index (κ1) is 9.49. The van der Waals surface area contributed by atoms with Crippen LogP contribution in [0.4, 0.5) is 0 Å². The highest BCUT2D eigenvalue weighted by molar-refractivity contribution is 4.77. The highest BCUT2D eigenvalue weighted by Crippen LogP contribution is 2.38. The minimum absolute atomic E-state index is 0.149. The lowest BCUT2D eigenvalue weighted by molar-refractivity contribution is -0.483. The normalized spacial score (nSPS) is 22.1. The smallest absolute Gasteiger partial charge is 0.204 e. The van der Waals surface area contributed by atoms with Gasteiger partial charge >= 0.3 is 0 Å². The molecule has 1 rings (SSSR count). The average molecular weight is 171 g/mol. The number of hydrogen-bond donors (Lipinski definition) is 0. The molecule has 12 heavy (non-hydrogen) atoms. The second kappa shape index (κ2) is 3.87. The molecule has 0 aliphatic heterocycles. The van der Waals surface area contributed by atoms with Gasteiger partial charge in [-0.3, -0.25) is 10.1 Å². The SMILES string of the molecule is CC1(CC[N+](=O)[O-])CCCCC1. The second-order valence-electron chi connectivity index (χ2n) is 4.18. The van der Waals surface area contributed by atoms with E-state index in [1.165, 1.54) is 32.1 Å². The van der Waals surface area contributed by atoms with Gasteiger partial charge in [0.2, 0.25) is 6.54 Å². The van der Waals surface area contributed by atoms with Crippen molar-refractivity contribution in [3.63, 3.8) is 0 Å². The van der Waals surface area contributed by atoms with Crippen molar-refractivity contribution in [3.8, 4) is 0 Å². The Balaban J connectivity index is 2.31. The summed E-state index contributed by atoms with van der Waals surface area (Å²) in [4.78, 5) is 10.00. The zero-order chi connectivity index (χ0) is 9.03. The summed E-state index contributed by atoms with van der Waals surface area (Å²) in [5, 5.41) is 10.2. The van der Waals surface area contributed by atoms with E-state index in [1.807, 2.05) is 0 Å². The molecule has 3 nitrogen and oxygen atoms in total. The van der Waals surface area contributed by atoms with Crippen molar-refractivity contribution in [2.75, 3.05) is 6.54 Å². The van der Waals surface area contributed by atoms with Crippen LogP contribution in [0.5, 0.6) is 0 Å². The fourth-order valence-electron chi connectivity index (χ4n) is 2.02. The predicted molar refractivity (Wildman–Crippen MR) is 47.7 cm³/mol. The fourth-order valence-corrected chi connectivity index (χ4v) is 2.02. The van der Waals surface area contributed by atoms with E-state index < -0.39 is 0 Å². The zero-order valence-electron chi connectivity index (χ0n) is 7.71. The first-order chi connectivity index (χ1) is 5.62. The van der Waals surface area contributed by atoms with Crippen molar-refractivity contribution in [2.24, 2.45) is 5.41 Å². The van der Waals surface area contributed by atoms with Gasteiger partial charge in [-0.05, 0) is 18.3 Å². The number of hydrogen-bond acceptors (Lipinski definition) is 2. The lowest BCUT2D eigenvalue weighted by Gasteiger charge is -2.32. The summed E-state index contributed by atoms with van der Waals surface area (Å²) in [5.41, 5.74) is 0.269. The Morgan fingerprint density at radius 2 is 1.92 bits per heavy atom. The lowest BCUT2D eigenvalue weighted by atomic mass is 9.73. The van der Waals surface area contributed by atoms with Gasteiger partial charge in [-0.2, -0.15) is 0 Å². The third-order valence-electron chi connectivity index (χ3n) is 2.96. The minimum Gasteiger partial charge on any atom is -0.265 e. The standard InChI is InChI=1S/C9H17NO2/c1-9(7-8-10(11)12)5-3-2-4-6-9/h2-8H2,1H3. The topological polar surface area (TPSA) is 43.1 Å². The van der Waals surface area contributed by atoms with Crippen molar-refractivity contribution in [1.29, 1.82) is 0 Å². The average Bonchev–Trinajstić information content (AvgIpc) is 2.03. The molecule has 1 aliphatic rings. The highest BCUT2D eigenvalue weighted by Gasteiger charge is 2.27. The van der Waals surface area contributed by atoms with Crippen LogP contribution >= 0.6 is 0 Å². The molecule has 0 aromatic rings. The van der Waals surface area contributed by atoms with Crippen molar-refractivity contribution >= 4 is 0 Å². The molecular weight excluding hydrogens is 154 g/mol. The van der Waals surface area contributed by atoms with Crippen LogP contribution in [0.1, 0.15) is 45.4 Å². The summed E-state index contributed by atoms with van der Waals surface area (Å²) in [6.07, 6.45) is 6.96. The molecule has 70 valence electrons. The minimum atomic E-state index is -0.195. The van der Waals surface area contributed by atoms with Crippen LogP contribution in [-0.4, -0.2) is 11.5 Å². The first-order valence-electron chi connectivity index (χ1n) is 4.74. The summed E-state index contributed by atoms with van der Waals surface area (Å²) in [7, 11) is 0. The van der Waals surface area contributed by atoms with E-state index in [9.17, 15) is 10.1 Å². The molecule has 1 saturated carbocycles. The first-order valence-corrected chi connectivity index (χ1v) is 4.74. The van der Waals surface area contributed by atoms with Crippen molar-refractivity contribution < 1.29 is 4.92 Å². The third kappa shape index (κ3) is 2.80. The largest absolute Gasteiger partial charge is 0.265 e. The molecule has 0 aromatic heterocycles. The van der Waals surface area contributed by atoms with Crippen molar-refractivity contribution in [1.82, 2.24) is 0 Å². The summed E-state index contributed by atoms with van der Waals surface area (Å²) in [6, 6.07) is 0. The Kier molecular flexibility index (Phi) is 3.06. The lowest BCUT2D eigenvalue weighted by Crippen LogP contribution is -2.23. The maximum absolute atomic E-state index is 10.2. The Hall–Kier alpha value is -0.600. The molecule has 0 saturated heterocycles. The van der Waals surface area contributed by atoms with Crippen LogP contribution in [-0.2, 0) is 0 Å². The molecule has 1 fully saturated rings. The van der Waals surface area contributed by atoms with Crippen LogP contribution in [0.2, 0.25) is 0 Å². The number of rotatable bonds is 3. The van der Waals surface area contributed by atoms with Gasteiger partial charge in [0.1, 0.15) is 0 Å². The van der Waals surface area contributed by atoms with E-state index in [4.69, 9.17) is 0 Å². The summed E-state index contributed by atoms with van der Waals surface area (Å²) >= 11 is 0. The van der Waals surface area contributed by atoms with Gasteiger partial charge in [-0.1, -0.05) is 26.2 Å². The van der Waals surface area contributed by atoms with Crippen molar-refractivity contribution in [3.05, 3.63) is 10.1 Å². The van der Waals surface area contributed by atoms with Crippen LogP contribution < -0.4 is 0 Å². The Morgan fingerprint density at radius 3 is 2.42 bits per heavy atom. The molecule has 0 atom stereocenters. The van der Waals surface area contributed by atoms with Gasteiger partial charge in [0, 0.05) is 11.3 Å². The maximum atomic E-state index is 10.2. The second-order valence-corrected chi connectivity index (χ2v) is 4.18. The summed E-state index contributed by atoms with van der Waals surface area (Å²) < 4.78 is 0. The molecule has 0 radical (unpaired) electrons. The van der Waals surface area contributed by atoms with E-state index in [0.29, 0.717) is 0 Å². The Morgan fingerprint density at radius 1 is 1.33 bits per heavy atom. The molecule has 0 N–H and O–H groups in total. The van der Waals surface area contributed by atoms with Crippen LogP contribution in [0, 0.1) is 15.5 Å². The van der Waals surface area contributed by atoms with Gasteiger partial charge in [0.05, 0.1) is 0 Å². The van der Waals surface area contributed by atoms with E-state index in [1.54, 1.807) is 0 Å². The summed E-state index contributed by atoms with van der Waals surface area (Å²) in [5.74, 6) is 0. The van der Waals surface area contributed by atoms with Gasteiger partial charge in [-0.15, -0.1) is 0 Å². The van der Waals surface area contributed by atoms with E-state index in [-0.39, 0.29) is 16.9 Å². The molecule has 0 spiro atoms. The van der Waals surface area contributed by atoms with Crippen LogP contribution in [0.15, 0.2) is 0 Å². The molecule has 0 bridgehead atoms. The molecule has 3 heteroatoms. The third-order valence-corrected chi connectivity index (χ3v) is 2.96. The van der Waals surface area contributed by atoms with Gasteiger partial charge in [0.15, 0.2) is 0 Å².